The van der Waals surface area contributed by atoms with Crippen LogP contribution in [0.25, 0.3) is 11.3 Å². The zero-order valence-electron chi connectivity index (χ0n) is 12.7. The number of aryl methyl sites for hydroxylation is 1. The number of aromatic nitrogens is 3. The van der Waals surface area contributed by atoms with Crippen molar-refractivity contribution in [3.63, 3.8) is 0 Å². The monoisotopic (exact) mass is 312 g/mol. The van der Waals surface area contributed by atoms with Gasteiger partial charge in [-0.15, -0.1) is 0 Å². The number of oxazole rings is 1. The minimum absolute atomic E-state index is 0.194. The second kappa shape index (κ2) is 5.96. The standard InChI is InChI=1S/C16H16N4O3/c1-10(18-15(22)12-8-14(21)20(2)19-12)16-17-9-13(23-16)11-6-4-3-5-7-11/h3-10,19H,1-2H3,(H,18,22). The zero-order chi connectivity index (χ0) is 16.4. The molecule has 2 heterocycles. The van der Waals surface area contributed by atoms with E-state index in [9.17, 15) is 9.59 Å². The molecule has 0 saturated carbocycles. The van der Waals surface area contributed by atoms with Crippen LogP contribution in [0.4, 0.5) is 0 Å². The lowest BCUT2D eigenvalue weighted by molar-refractivity contribution is 0.0928. The third-order valence-electron chi connectivity index (χ3n) is 3.43. The molecule has 0 aliphatic heterocycles. The van der Waals surface area contributed by atoms with Crippen molar-refractivity contribution in [3.8, 4) is 11.3 Å². The molecule has 2 aromatic heterocycles. The van der Waals surface area contributed by atoms with E-state index in [0.717, 1.165) is 5.56 Å². The molecule has 0 fully saturated rings. The highest BCUT2D eigenvalue weighted by atomic mass is 16.4. The molecule has 1 aromatic carbocycles. The zero-order valence-corrected chi connectivity index (χ0v) is 12.7. The molecule has 1 amide bonds. The summed E-state index contributed by atoms with van der Waals surface area (Å²) in [5.41, 5.74) is 0.835. The van der Waals surface area contributed by atoms with Crippen molar-refractivity contribution < 1.29 is 9.21 Å². The van der Waals surface area contributed by atoms with Crippen LogP contribution in [0, 0.1) is 0 Å². The Hall–Kier alpha value is -3.09. The van der Waals surface area contributed by atoms with Gasteiger partial charge in [0.25, 0.3) is 11.5 Å². The van der Waals surface area contributed by atoms with Gasteiger partial charge in [-0.1, -0.05) is 30.3 Å². The average molecular weight is 312 g/mol. The number of aromatic amines is 1. The molecule has 23 heavy (non-hydrogen) atoms. The summed E-state index contributed by atoms with van der Waals surface area (Å²) in [5, 5.41) is 5.41. The number of H-pyrrole nitrogens is 1. The van der Waals surface area contributed by atoms with Crippen LogP contribution < -0.4 is 10.9 Å². The van der Waals surface area contributed by atoms with Crippen LogP contribution in [0.2, 0.25) is 0 Å². The van der Waals surface area contributed by atoms with Gasteiger partial charge in [-0.3, -0.25) is 19.4 Å². The summed E-state index contributed by atoms with van der Waals surface area (Å²) < 4.78 is 6.93. The van der Waals surface area contributed by atoms with E-state index in [4.69, 9.17) is 4.42 Å². The van der Waals surface area contributed by atoms with E-state index in [-0.39, 0.29) is 11.3 Å². The van der Waals surface area contributed by atoms with E-state index in [2.05, 4.69) is 15.4 Å². The summed E-state index contributed by atoms with van der Waals surface area (Å²) in [7, 11) is 1.54. The quantitative estimate of drug-likeness (QED) is 0.769. The average Bonchev–Trinajstić information content (AvgIpc) is 3.16. The molecule has 7 heteroatoms. The van der Waals surface area contributed by atoms with E-state index in [1.807, 2.05) is 30.3 Å². The molecule has 3 aromatic rings. The maximum atomic E-state index is 12.1. The Morgan fingerprint density at radius 2 is 2.09 bits per heavy atom. The molecule has 0 aliphatic rings. The van der Waals surface area contributed by atoms with Gasteiger partial charge in [0.15, 0.2) is 5.76 Å². The van der Waals surface area contributed by atoms with Crippen LogP contribution in [0.15, 0.2) is 51.8 Å². The van der Waals surface area contributed by atoms with Crippen LogP contribution in [0.1, 0.15) is 29.3 Å². The molecule has 118 valence electrons. The largest absolute Gasteiger partial charge is 0.438 e. The molecule has 0 saturated heterocycles. The van der Waals surface area contributed by atoms with Crippen LogP contribution in [0.3, 0.4) is 0 Å². The lowest BCUT2D eigenvalue weighted by Crippen LogP contribution is -2.27. The van der Waals surface area contributed by atoms with Crippen molar-refractivity contribution in [1.82, 2.24) is 20.1 Å². The number of amides is 1. The molecule has 2 N–H and O–H groups in total. The van der Waals surface area contributed by atoms with Crippen molar-refractivity contribution in [2.45, 2.75) is 13.0 Å². The predicted molar refractivity (Wildman–Crippen MR) is 83.9 cm³/mol. The van der Waals surface area contributed by atoms with Crippen molar-refractivity contribution in [2.24, 2.45) is 7.05 Å². The minimum atomic E-state index is -0.427. The third-order valence-corrected chi connectivity index (χ3v) is 3.43. The van der Waals surface area contributed by atoms with Crippen molar-refractivity contribution in [2.75, 3.05) is 0 Å². The van der Waals surface area contributed by atoms with Crippen molar-refractivity contribution in [3.05, 3.63) is 64.5 Å². The first kappa shape index (κ1) is 14.8. The third kappa shape index (κ3) is 3.08. The SMILES string of the molecule is CC(NC(=O)c1cc(=O)n(C)[nH]1)c1ncc(-c2ccccc2)o1. The Morgan fingerprint density at radius 3 is 2.74 bits per heavy atom. The van der Waals surface area contributed by atoms with Crippen LogP contribution in [-0.2, 0) is 7.05 Å². The minimum Gasteiger partial charge on any atom is -0.438 e. The van der Waals surface area contributed by atoms with E-state index in [1.54, 1.807) is 20.2 Å². The Labute approximate surface area is 131 Å². The first-order valence-electron chi connectivity index (χ1n) is 7.12. The van der Waals surface area contributed by atoms with E-state index in [0.29, 0.717) is 11.7 Å². The van der Waals surface area contributed by atoms with Crippen molar-refractivity contribution >= 4 is 5.91 Å². The molecule has 0 bridgehead atoms. The summed E-state index contributed by atoms with van der Waals surface area (Å²) in [6.07, 6.45) is 1.62. The topological polar surface area (TPSA) is 92.9 Å². The number of benzene rings is 1. The van der Waals surface area contributed by atoms with E-state index in [1.165, 1.54) is 10.7 Å². The molecule has 0 aliphatic carbocycles. The highest BCUT2D eigenvalue weighted by molar-refractivity contribution is 5.92. The number of nitrogens with one attached hydrogen (secondary N) is 2. The van der Waals surface area contributed by atoms with Gasteiger partial charge in [-0.25, -0.2) is 4.98 Å². The summed E-state index contributed by atoms with van der Waals surface area (Å²) in [4.78, 5) is 27.7. The molecular formula is C16H16N4O3. The summed E-state index contributed by atoms with van der Waals surface area (Å²) in [6.45, 7) is 1.76. The molecule has 0 radical (unpaired) electrons. The number of carbonyl (C=O) groups excluding carboxylic acids is 1. The molecule has 7 nitrogen and oxygen atoms in total. The normalized spacial score (nSPS) is 12.1. The lowest BCUT2D eigenvalue weighted by Gasteiger charge is -2.09. The number of rotatable bonds is 4. The van der Waals surface area contributed by atoms with Crippen LogP contribution >= 0.6 is 0 Å². The number of nitrogens with zero attached hydrogens (tertiary/aromatic N) is 2. The molecule has 1 atom stereocenters. The Morgan fingerprint density at radius 1 is 1.35 bits per heavy atom. The highest BCUT2D eigenvalue weighted by Gasteiger charge is 2.18. The fourth-order valence-corrected chi connectivity index (χ4v) is 2.16. The second-order valence-corrected chi connectivity index (χ2v) is 5.19. The summed E-state index contributed by atoms with van der Waals surface area (Å²) >= 11 is 0. The first-order chi connectivity index (χ1) is 11.0. The Kier molecular flexibility index (Phi) is 3.84. The predicted octanol–water partition coefficient (Wildman–Crippen LogP) is 1.86. The van der Waals surface area contributed by atoms with Gasteiger partial charge < -0.3 is 9.73 Å². The molecule has 1 unspecified atom stereocenters. The molecular weight excluding hydrogens is 296 g/mol. The van der Waals surface area contributed by atoms with E-state index < -0.39 is 11.9 Å². The van der Waals surface area contributed by atoms with Gasteiger partial charge in [0.2, 0.25) is 5.89 Å². The van der Waals surface area contributed by atoms with Gasteiger partial charge in [-0.05, 0) is 6.92 Å². The van der Waals surface area contributed by atoms with Crippen molar-refractivity contribution in [1.29, 1.82) is 0 Å². The van der Waals surface area contributed by atoms with E-state index >= 15 is 0 Å². The van der Waals surface area contributed by atoms with Gasteiger partial charge in [0.1, 0.15) is 11.7 Å². The fraction of sp³-hybridized carbons (Fsp3) is 0.188. The summed E-state index contributed by atoms with van der Waals surface area (Å²) in [6, 6.07) is 10.4. The van der Waals surface area contributed by atoms with Gasteiger partial charge >= 0.3 is 0 Å². The second-order valence-electron chi connectivity index (χ2n) is 5.19. The smallest absolute Gasteiger partial charge is 0.270 e. The van der Waals surface area contributed by atoms with Gasteiger partial charge in [0, 0.05) is 18.7 Å². The maximum Gasteiger partial charge on any atom is 0.270 e. The first-order valence-corrected chi connectivity index (χ1v) is 7.12. The van der Waals surface area contributed by atoms with Crippen LogP contribution in [0.5, 0.6) is 0 Å². The fourth-order valence-electron chi connectivity index (χ4n) is 2.16. The summed E-state index contributed by atoms with van der Waals surface area (Å²) in [5.74, 6) is 0.639. The van der Waals surface area contributed by atoms with Gasteiger partial charge in [0.05, 0.1) is 6.20 Å². The Balaban J connectivity index is 1.74. The van der Waals surface area contributed by atoms with Crippen LogP contribution in [-0.4, -0.2) is 20.7 Å². The maximum absolute atomic E-state index is 12.1. The molecule has 0 spiro atoms. The lowest BCUT2D eigenvalue weighted by atomic mass is 10.2. The highest BCUT2D eigenvalue weighted by Crippen LogP contribution is 2.22. The number of hydrogen-bond acceptors (Lipinski definition) is 4. The van der Waals surface area contributed by atoms with Gasteiger partial charge in [-0.2, -0.15) is 0 Å². The number of carbonyl (C=O) groups is 1. The Bertz CT molecular complexity index is 876. The molecule has 3 rings (SSSR count). The number of hydrogen-bond donors (Lipinski definition) is 2.